The summed E-state index contributed by atoms with van der Waals surface area (Å²) in [6, 6.07) is 13.3. The van der Waals surface area contributed by atoms with Crippen LogP contribution in [0.5, 0.6) is 0 Å². The Morgan fingerprint density at radius 1 is 1.15 bits per heavy atom. The Morgan fingerprint density at radius 2 is 1.85 bits per heavy atom. The van der Waals surface area contributed by atoms with E-state index in [1.54, 1.807) is 16.0 Å². The van der Waals surface area contributed by atoms with Crippen LogP contribution in [0.2, 0.25) is 5.02 Å². The lowest BCUT2D eigenvalue weighted by Crippen LogP contribution is -2.33. The molecule has 3 rings (SSSR count). The third kappa shape index (κ3) is 4.00. The molecule has 136 valence electrons. The van der Waals surface area contributed by atoms with Crippen LogP contribution < -0.4 is 0 Å². The van der Waals surface area contributed by atoms with Gasteiger partial charge in [0.2, 0.25) is 0 Å². The highest BCUT2D eigenvalue weighted by atomic mass is 35.5. The maximum Gasteiger partial charge on any atom is 0.272 e. The van der Waals surface area contributed by atoms with Crippen LogP contribution in [0.4, 0.5) is 0 Å². The van der Waals surface area contributed by atoms with Crippen LogP contribution in [0.3, 0.4) is 0 Å². The van der Waals surface area contributed by atoms with Crippen LogP contribution in [0.1, 0.15) is 37.2 Å². The van der Waals surface area contributed by atoms with Crippen molar-refractivity contribution in [3.63, 3.8) is 0 Å². The van der Waals surface area contributed by atoms with E-state index in [1.165, 1.54) is 0 Å². The second-order valence-electron chi connectivity index (χ2n) is 6.07. The van der Waals surface area contributed by atoms with E-state index in [-0.39, 0.29) is 5.91 Å². The Hall–Kier alpha value is -2.11. The second-order valence-corrected chi connectivity index (χ2v) is 7.46. The summed E-state index contributed by atoms with van der Waals surface area (Å²) in [5.74, 6) is 0.0129. The first-order valence-electron chi connectivity index (χ1n) is 8.83. The number of amides is 1. The molecule has 2 heterocycles. The number of thiophene rings is 1. The topological polar surface area (TPSA) is 38.1 Å². The van der Waals surface area contributed by atoms with Crippen LogP contribution >= 0.6 is 22.9 Å². The highest BCUT2D eigenvalue weighted by Crippen LogP contribution is 2.27. The molecule has 0 fully saturated rings. The van der Waals surface area contributed by atoms with Crippen molar-refractivity contribution in [3.05, 3.63) is 58.6 Å². The number of carbonyl (C=O) groups is 1. The summed E-state index contributed by atoms with van der Waals surface area (Å²) < 4.78 is 1.73. The second kappa shape index (κ2) is 8.52. The van der Waals surface area contributed by atoms with Gasteiger partial charge in [-0.05, 0) is 54.6 Å². The Balaban J connectivity index is 2.06. The van der Waals surface area contributed by atoms with Crippen LogP contribution in [0.25, 0.3) is 16.3 Å². The van der Waals surface area contributed by atoms with E-state index in [1.807, 2.05) is 52.7 Å². The molecule has 0 aliphatic rings. The van der Waals surface area contributed by atoms with E-state index in [0.717, 1.165) is 42.2 Å². The molecule has 0 atom stereocenters. The fourth-order valence-corrected chi connectivity index (χ4v) is 3.68. The van der Waals surface area contributed by atoms with E-state index >= 15 is 0 Å². The lowest BCUT2D eigenvalue weighted by Gasteiger charge is -2.21. The van der Waals surface area contributed by atoms with Crippen LogP contribution in [-0.2, 0) is 0 Å². The molecule has 3 aromatic rings. The molecule has 0 saturated carbocycles. The standard InChI is InChI=1S/C20H22ClN3OS/c1-3-11-23(12-4-2)20(25)18-14-17(19-6-5-13-26-19)22-24(18)16-9-7-15(21)8-10-16/h5-10,13-14H,3-4,11-12H2,1-2H3. The van der Waals surface area contributed by atoms with Crippen molar-refractivity contribution in [2.24, 2.45) is 0 Å². The zero-order valence-corrected chi connectivity index (χ0v) is 16.6. The molecule has 26 heavy (non-hydrogen) atoms. The van der Waals surface area contributed by atoms with Gasteiger partial charge in [0.25, 0.3) is 5.91 Å². The van der Waals surface area contributed by atoms with Gasteiger partial charge >= 0.3 is 0 Å². The fourth-order valence-electron chi connectivity index (χ4n) is 2.87. The molecule has 0 N–H and O–H groups in total. The number of aromatic nitrogens is 2. The summed E-state index contributed by atoms with van der Waals surface area (Å²) in [5, 5.41) is 7.38. The van der Waals surface area contributed by atoms with Gasteiger partial charge in [0.05, 0.1) is 10.6 Å². The zero-order chi connectivity index (χ0) is 18.5. The van der Waals surface area contributed by atoms with Gasteiger partial charge in [-0.25, -0.2) is 4.68 Å². The quantitative estimate of drug-likeness (QED) is 0.535. The number of carbonyl (C=O) groups excluding carboxylic acids is 1. The summed E-state index contributed by atoms with van der Waals surface area (Å²) >= 11 is 7.63. The predicted molar refractivity (Wildman–Crippen MR) is 108 cm³/mol. The molecular weight excluding hydrogens is 366 g/mol. The summed E-state index contributed by atoms with van der Waals surface area (Å²) in [7, 11) is 0. The molecule has 1 amide bonds. The summed E-state index contributed by atoms with van der Waals surface area (Å²) in [5.41, 5.74) is 2.22. The van der Waals surface area contributed by atoms with E-state index in [4.69, 9.17) is 16.7 Å². The Bertz CT molecular complexity index is 850. The zero-order valence-electron chi connectivity index (χ0n) is 15.0. The molecule has 0 saturated heterocycles. The highest BCUT2D eigenvalue weighted by molar-refractivity contribution is 7.13. The lowest BCUT2D eigenvalue weighted by molar-refractivity contribution is 0.0746. The number of hydrogen-bond acceptors (Lipinski definition) is 3. The molecule has 0 bridgehead atoms. The first-order chi connectivity index (χ1) is 12.6. The number of rotatable bonds is 7. The Kier molecular flexibility index (Phi) is 6.12. The van der Waals surface area contributed by atoms with Crippen molar-refractivity contribution >= 4 is 28.8 Å². The number of benzene rings is 1. The van der Waals surface area contributed by atoms with Crippen molar-refractivity contribution in [2.75, 3.05) is 13.1 Å². The molecular formula is C20H22ClN3OS. The van der Waals surface area contributed by atoms with Gasteiger partial charge < -0.3 is 4.90 Å². The first-order valence-corrected chi connectivity index (χ1v) is 10.1. The smallest absolute Gasteiger partial charge is 0.272 e. The fraction of sp³-hybridized carbons (Fsp3) is 0.300. The SMILES string of the molecule is CCCN(CCC)C(=O)c1cc(-c2cccs2)nn1-c1ccc(Cl)cc1. The Labute approximate surface area is 163 Å². The minimum absolute atomic E-state index is 0.0129. The molecule has 4 nitrogen and oxygen atoms in total. The summed E-state index contributed by atoms with van der Waals surface area (Å²) in [4.78, 5) is 16.2. The number of halogens is 1. The summed E-state index contributed by atoms with van der Waals surface area (Å²) in [6.45, 7) is 5.66. The predicted octanol–water partition coefficient (Wildman–Crippen LogP) is 5.52. The molecule has 1 aromatic carbocycles. The van der Waals surface area contributed by atoms with Crippen molar-refractivity contribution in [2.45, 2.75) is 26.7 Å². The third-order valence-corrected chi connectivity index (χ3v) is 5.19. The molecule has 0 aliphatic heterocycles. The maximum atomic E-state index is 13.2. The normalized spacial score (nSPS) is 10.9. The van der Waals surface area contributed by atoms with Gasteiger partial charge in [-0.2, -0.15) is 5.10 Å². The van der Waals surface area contributed by atoms with Crippen LogP contribution in [-0.4, -0.2) is 33.7 Å². The molecule has 0 unspecified atom stereocenters. The van der Waals surface area contributed by atoms with Crippen LogP contribution in [0.15, 0.2) is 47.8 Å². The average molecular weight is 388 g/mol. The van der Waals surface area contributed by atoms with Crippen molar-refractivity contribution in [1.82, 2.24) is 14.7 Å². The average Bonchev–Trinajstić information content (AvgIpc) is 3.31. The van der Waals surface area contributed by atoms with Crippen molar-refractivity contribution in [1.29, 1.82) is 0 Å². The maximum absolute atomic E-state index is 13.2. The minimum atomic E-state index is 0.0129. The molecule has 0 spiro atoms. The first kappa shape index (κ1) is 18.7. The number of hydrogen-bond donors (Lipinski definition) is 0. The van der Waals surface area contributed by atoms with E-state index < -0.39 is 0 Å². The van der Waals surface area contributed by atoms with Gasteiger partial charge in [-0.15, -0.1) is 11.3 Å². The van der Waals surface area contributed by atoms with E-state index in [0.29, 0.717) is 10.7 Å². The van der Waals surface area contributed by atoms with Crippen molar-refractivity contribution in [3.8, 4) is 16.3 Å². The van der Waals surface area contributed by atoms with Crippen molar-refractivity contribution < 1.29 is 4.79 Å². The molecule has 6 heteroatoms. The molecule has 0 radical (unpaired) electrons. The lowest BCUT2D eigenvalue weighted by atomic mass is 10.2. The van der Waals surface area contributed by atoms with E-state index in [9.17, 15) is 4.79 Å². The van der Waals surface area contributed by atoms with Gasteiger partial charge in [0.15, 0.2) is 0 Å². The van der Waals surface area contributed by atoms with Crippen LogP contribution in [0, 0.1) is 0 Å². The highest BCUT2D eigenvalue weighted by Gasteiger charge is 2.22. The largest absolute Gasteiger partial charge is 0.337 e. The summed E-state index contributed by atoms with van der Waals surface area (Å²) in [6.07, 6.45) is 1.86. The number of nitrogens with zero attached hydrogens (tertiary/aromatic N) is 3. The van der Waals surface area contributed by atoms with Gasteiger partial charge in [-0.1, -0.05) is 31.5 Å². The third-order valence-electron chi connectivity index (χ3n) is 4.05. The minimum Gasteiger partial charge on any atom is -0.337 e. The Morgan fingerprint density at radius 3 is 2.42 bits per heavy atom. The van der Waals surface area contributed by atoms with Gasteiger partial charge in [0, 0.05) is 18.1 Å². The van der Waals surface area contributed by atoms with Gasteiger partial charge in [0.1, 0.15) is 11.4 Å². The van der Waals surface area contributed by atoms with E-state index in [2.05, 4.69) is 13.8 Å². The molecule has 2 aromatic heterocycles. The van der Waals surface area contributed by atoms with Gasteiger partial charge in [-0.3, -0.25) is 4.79 Å². The monoisotopic (exact) mass is 387 g/mol. The molecule has 0 aliphatic carbocycles.